The Bertz CT molecular complexity index is 749. The van der Waals surface area contributed by atoms with Crippen molar-refractivity contribution >= 4 is 23.7 Å². The molecule has 3 amide bonds. The average Bonchev–Trinajstić information content (AvgIpc) is 3.16. The van der Waals surface area contributed by atoms with Gasteiger partial charge in [-0.15, -0.1) is 0 Å². The van der Waals surface area contributed by atoms with E-state index in [1.54, 1.807) is 0 Å². The number of carboxylic acids is 1. The minimum Gasteiger partial charge on any atom is -0.480 e. The number of carbonyl (C=O) groups is 4. The number of aliphatic hydroxyl groups excluding tert-OH is 1. The predicted molar refractivity (Wildman–Crippen MR) is 111 cm³/mol. The summed E-state index contributed by atoms with van der Waals surface area (Å²) in [6, 6.07) is -4.60. The van der Waals surface area contributed by atoms with Crippen LogP contribution in [0.5, 0.6) is 0 Å². The number of carboxylic acid groups (broad SMARTS) is 1. The smallest absolute Gasteiger partial charge is 0.326 e. The van der Waals surface area contributed by atoms with Crippen molar-refractivity contribution in [2.45, 2.75) is 70.8 Å². The number of hydrogen-bond acceptors (Lipinski definition) is 7. The van der Waals surface area contributed by atoms with Crippen LogP contribution in [0.3, 0.4) is 0 Å². The first-order valence-electron chi connectivity index (χ1n) is 9.97. The van der Waals surface area contributed by atoms with Crippen molar-refractivity contribution < 1.29 is 29.4 Å². The number of amides is 3. The van der Waals surface area contributed by atoms with Crippen molar-refractivity contribution in [1.29, 1.82) is 0 Å². The van der Waals surface area contributed by atoms with Crippen molar-refractivity contribution in [2.75, 3.05) is 0 Å². The molecule has 0 saturated carbocycles. The highest BCUT2D eigenvalue weighted by molar-refractivity contribution is 5.94. The van der Waals surface area contributed by atoms with Gasteiger partial charge in [-0.2, -0.15) is 0 Å². The van der Waals surface area contributed by atoms with E-state index in [0.717, 1.165) is 0 Å². The van der Waals surface area contributed by atoms with Gasteiger partial charge >= 0.3 is 5.97 Å². The monoisotopic (exact) mass is 440 g/mol. The summed E-state index contributed by atoms with van der Waals surface area (Å²) in [6.07, 6.45) is 1.77. The van der Waals surface area contributed by atoms with Gasteiger partial charge in [-0.1, -0.05) is 13.8 Å². The fourth-order valence-corrected chi connectivity index (χ4v) is 2.74. The Hall–Kier alpha value is -2.99. The van der Waals surface area contributed by atoms with Gasteiger partial charge in [0, 0.05) is 18.3 Å². The minimum absolute atomic E-state index is 0.00938. The highest BCUT2D eigenvalue weighted by atomic mass is 16.4. The topological polar surface area (TPSA) is 200 Å². The minimum atomic E-state index is -1.36. The zero-order valence-corrected chi connectivity index (χ0v) is 18.1. The van der Waals surface area contributed by atoms with Crippen LogP contribution in [-0.2, 0) is 25.6 Å². The third-order valence-electron chi connectivity index (χ3n) is 4.41. The zero-order valence-electron chi connectivity index (χ0n) is 18.1. The first-order valence-corrected chi connectivity index (χ1v) is 9.97. The maximum Gasteiger partial charge on any atom is 0.326 e. The molecule has 5 unspecified atom stereocenters. The van der Waals surface area contributed by atoms with Crippen molar-refractivity contribution in [3.8, 4) is 0 Å². The number of rotatable bonds is 12. The number of nitrogens with zero attached hydrogens (tertiary/aromatic N) is 1. The third-order valence-corrected chi connectivity index (χ3v) is 4.41. The van der Waals surface area contributed by atoms with E-state index in [9.17, 15) is 29.4 Å². The van der Waals surface area contributed by atoms with Gasteiger partial charge in [0.1, 0.15) is 18.1 Å². The van der Waals surface area contributed by atoms with Crippen molar-refractivity contribution in [1.82, 2.24) is 25.9 Å². The van der Waals surface area contributed by atoms with E-state index < -0.39 is 54.0 Å². The Labute approximate surface area is 180 Å². The van der Waals surface area contributed by atoms with Gasteiger partial charge in [-0.3, -0.25) is 14.4 Å². The number of nitrogens with two attached hydrogens (primary N) is 1. The van der Waals surface area contributed by atoms with Gasteiger partial charge in [0.05, 0.1) is 18.5 Å². The van der Waals surface area contributed by atoms with Crippen LogP contribution in [0.4, 0.5) is 0 Å². The van der Waals surface area contributed by atoms with Crippen LogP contribution < -0.4 is 21.7 Å². The molecule has 31 heavy (non-hydrogen) atoms. The summed E-state index contributed by atoms with van der Waals surface area (Å²) in [7, 11) is 0. The van der Waals surface area contributed by atoms with E-state index in [2.05, 4.69) is 25.9 Å². The predicted octanol–water partition coefficient (Wildman–Crippen LogP) is -1.73. The molecule has 0 aromatic carbocycles. The second-order valence-corrected chi connectivity index (χ2v) is 7.89. The van der Waals surface area contributed by atoms with Gasteiger partial charge < -0.3 is 36.9 Å². The summed E-state index contributed by atoms with van der Waals surface area (Å²) in [5.74, 6) is -3.38. The number of hydrogen-bond donors (Lipinski definition) is 7. The Balaban J connectivity index is 3.03. The van der Waals surface area contributed by atoms with E-state index in [-0.39, 0.29) is 18.8 Å². The summed E-state index contributed by atoms with van der Waals surface area (Å²) >= 11 is 0. The number of nitrogens with one attached hydrogen (secondary N) is 4. The number of carbonyl (C=O) groups excluding carboxylic acids is 3. The van der Waals surface area contributed by atoms with E-state index in [0.29, 0.717) is 5.69 Å². The van der Waals surface area contributed by atoms with Crippen LogP contribution in [0.2, 0.25) is 0 Å². The molecule has 0 aliphatic carbocycles. The maximum absolute atomic E-state index is 12.8. The molecule has 0 bridgehead atoms. The molecule has 12 heteroatoms. The van der Waals surface area contributed by atoms with Crippen molar-refractivity contribution in [3.63, 3.8) is 0 Å². The fraction of sp³-hybridized carbons (Fsp3) is 0.632. The highest BCUT2D eigenvalue weighted by Crippen LogP contribution is 2.07. The maximum atomic E-state index is 12.8. The van der Waals surface area contributed by atoms with Crippen molar-refractivity contribution in [3.05, 3.63) is 18.2 Å². The van der Waals surface area contributed by atoms with Crippen LogP contribution in [0.15, 0.2) is 12.5 Å². The molecular formula is C19H32N6O6. The van der Waals surface area contributed by atoms with Gasteiger partial charge in [-0.05, 0) is 26.2 Å². The molecule has 1 aromatic heterocycles. The summed E-state index contributed by atoms with van der Waals surface area (Å²) in [4.78, 5) is 55.6. The molecule has 0 aliphatic rings. The van der Waals surface area contributed by atoms with E-state index in [1.165, 1.54) is 26.4 Å². The lowest BCUT2D eigenvalue weighted by molar-refractivity contribution is -0.143. The number of aliphatic hydroxyl groups is 1. The first-order chi connectivity index (χ1) is 14.4. The molecule has 5 atom stereocenters. The standard InChI is InChI=1S/C19H32N6O6/c1-9(2)5-14(19(30)31)24-17(28)13(6-12-7-21-8-22-12)23-18(29)15(11(4)26)25-16(27)10(3)20/h7-11,13-15,26H,5-6,20H2,1-4H3,(H,21,22)(H,23,29)(H,24,28)(H,25,27)(H,30,31). The lowest BCUT2D eigenvalue weighted by atomic mass is 10.0. The second kappa shape index (κ2) is 12.0. The Morgan fingerprint density at radius 1 is 1.03 bits per heavy atom. The van der Waals surface area contributed by atoms with Crippen molar-refractivity contribution in [2.24, 2.45) is 11.7 Å². The van der Waals surface area contributed by atoms with E-state index in [1.807, 2.05) is 13.8 Å². The van der Waals surface area contributed by atoms with Gasteiger partial charge in [-0.25, -0.2) is 9.78 Å². The molecule has 1 aromatic rings. The van der Waals surface area contributed by atoms with Crippen LogP contribution >= 0.6 is 0 Å². The molecule has 0 spiro atoms. The number of aromatic nitrogens is 2. The van der Waals surface area contributed by atoms with Gasteiger partial charge in [0.2, 0.25) is 17.7 Å². The SMILES string of the molecule is CC(C)CC(NC(=O)C(Cc1cnc[nH]1)NC(=O)C(NC(=O)C(C)N)C(C)O)C(=O)O. The summed E-state index contributed by atoms with van der Waals surface area (Å²) < 4.78 is 0. The zero-order chi connectivity index (χ0) is 23.7. The van der Waals surface area contributed by atoms with Gasteiger partial charge in [0.25, 0.3) is 0 Å². The van der Waals surface area contributed by atoms with E-state index >= 15 is 0 Å². The second-order valence-electron chi connectivity index (χ2n) is 7.89. The first kappa shape index (κ1) is 26.0. The fourth-order valence-electron chi connectivity index (χ4n) is 2.74. The molecule has 0 radical (unpaired) electrons. The Morgan fingerprint density at radius 3 is 2.10 bits per heavy atom. The molecule has 8 N–H and O–H groups in total. The molecule has 12 nitrogen and oxygen atoms in total. The highest BCUT2D eigenvalue weighted by Gasteiger charge is 2.32. The van der Waals surface area contributed by atoms with Crippen LogP contribution in [0, 0.1) is 5.92 Å². The molecule has 1 rings (SSSR count). The largest absolute Gasteiger partial charge is 0.480 e. The summed E-state index contributed by atoms with van der Waals surface area (Å²) in [6.45, 7) is 6.36. The third kappa shape index (κ3) is 8.72. The summed E-state index contributed by atoms with van der Waals surface area (Å²) in [5, 5.41) is 26.6. The Morgan fingerprint density at radius 2 is 1.65 bits per heavy atom. The van der Waals surface area contributed by atoms with Crippen LogP contribution in [-0.4, -0.2) is 74.1 Å². The molecule has 174 valence electrons. The quantitative estimate of drug-likeness (QED) is 0.199. The molecule has 0 aliphatic heterocycles. The molecular weight excluding hydrogens is 408 g/mol. The number of H-pyrrole nitrogens is 1. The Kier molecular flexibility index (Phi) is 10.1. The van der Waals surface area contributed by atoms with Gasteiger partial charge in [0.15, 0.2) is 0 Å². The van der Waals surface area contributed by atoms with Crippen LogP contribution in [0.25, 0.3) is 0 Å². The normalized spacial score (nSPS) is 16.0. The number of aliphatic carboxylic acids is 1. The summed E-state index contributed by atoms with van der Waals surface area (Å²) in [5.41, 5.74) is 6.01. The molecule has 1 heterocycles. The van der Waals surface area contributed by atoms with E-state index in [4.69, 9.17) is 5.73 Å². The lowest BCUT2D eigenvalue weighted by Crippen LogP contribution is -2.60. The lowest BCUT2D eigenvalue weighted by Gasteiger charge is -2.26. The molecule has 0 saturated heterocycles. The number of aromatic amines is 1. The molecule has 0 fully saturated rings. The van der Waals surface area contributed by atoms with Crippen LogP contribution in [0.1, 0.15) is 39.8 Å². The average molecular weight is 441 g/mol. The number of imidazole rings is 1.